The van der Waals surface area contributed by atoms with Crippen molar-refractivity contribution in [3.05, 3.63) is 17.5 Å². The molecule has 0 spiro atoms. The Morgan fingerprint density at radius 2 is 2.33 bits per heavy atom. The third-order valence-corrected chi connectivity index (χ3v) is 1.60. The first-order valence-corrected chi connectivity index (χ1v) is 3.67. The quantitative estimate of drug-likeness (QED) is 0.704. The van der Waals surface area contributed by atoms with Gasteiger partial charge >= 0.3 is 0 Å². The van der Waals surface area contributed by atoms with Gasteiger partial charge < -0.3 is 19.1 Å². The predicted molar refractivity (Wildman–Crippen MR) is 36.8 cm³/mol. The van der Waals surface area contributed by atoms with E-state index in [2.05, 4.69) is 5.16 Å². The second kappa shape index (κ2) is 2.85. The molecule has 0 atom stereocenters. The molecule has 5 nitrogen and oxygen atoms in total. The second-order valence-corrected chi connectivity index (χ2v) is 2.55. The van der Waals surface area contributed by atoms with E-state index in [9.17, 15) is 0 Å². The van der Waals surface area contributed by atoms with Gasteiger partial charge in [-0.15, -0.1) is 0 Å². The Balaban J connectivity index is 2.04. The monoisotopic (exact) mass is 171 g/mol. The van der Waals surface area contributed by atoms with Crippen molar-refractivity contribution in [2.45, 2.75) is 26.1 Å². The average Bonchev–Trinajstić information content (AvgIpc) is 2.46. The van der Waals surface area contributed by atoms with E-state index in [1.54, 1.807) is 13.0 Å². The number of ether oxygens (including phenoxy) is 2. The molecule has 1 aliphatic heterocycles. The highest BCUT2D eigenvalue weighted by Gasteiger charge is 2.31. The van der Waals surface area contributed by atoms with Crippen LogP contribution in [0.15, 0.2) is 10.6 Å². The summed E-state index contributed by atoms with van der Waals surface area (Å²) in [5.74, 6) is 0.414. The zero-order valence-corrected chi connectivity index (χ0v) is 6.56. The summed E-state index contributed by atoms with van der Waals surface area (Å²) in [7, 11) is 0. The van der Waals surface area contributed by atoms with E-state index < -0.39 is 6.29 Å². The van der Waals surface area contributed by atoms with Crippen LogP contribution >= 0.6 is 0 Å². The first-order chi connectivity index (χ1) is 5.79. The lowest BCUT2D eigenvalue weighted by Gasteiger charge is -2.31. The summed E-state index contributed by atoms with van der Waals surface area (Å²) >= 11 is 0. The van der Waals surface area contributed by atoms with E-state index in [0.717, 1.165) is 0 Å². The van der Waals surface area contributed by atoms with Gasteiger partial charge in [0, 0.05) is 6.07 Å². The molecule has 0 saturated carbocycles. The number of aliphatic hydroxyl groups excluding tert-OH is 1. The molecular formula is C7H9NO4. The Hall–Kier alpha value is -0.910. The van der Waals surface area contributed by atoms with Crippen LogP contribution in [0.4, 0.5) is 0 Å². The summed E-state index contributed by atoms with van der Waals surface area (Å²) in [4.78, 5) is 0. The van der Waals surface area contributed by atoms with Gasteiger partial charge in [0.15, 0.2) is 12.1 Å². The Bertz CT molecular complexity index is 266. The SMILES string of the molecule is CC1OC(c2cc(CO)on2)O1. The third-order valence-electron chi connectivity index (χ3n) is 1.60. The van der Waals surface area contributed by atoms with Gasteiger partial charge in [-0.2, -0.15) is 0 Å². The molecule has 1 fully saturated rings. The van der Waals surface area contributed by atoms with Crippen LogP contribution in [0.2, 0.25) is 0 Å². The topological polar surface area (TPSA) is 64.7 Å². The average molecular weight is 171 g/mol. The van der Waals surface area contributed by atoms with E-state index in [-0.39, 0.29) is 12.9 Å². The Morgan fingerprint density at radius 1 is 1.58 bits per heavy atom. The normalized spacial score (nSPS) is 28.5. The number of aliphatic hydroxyl groups is 1. The van der Waals surface area contributed by atoms with Crippen molar-refractivity contribution >= 4 is 0 Å². The maximum absolute atomic E-state index is 8.66. The molecule has 1 N–H and O–H groups in total. The fourth-order valence-corrected chi connectivity index (χ4v) is 1.01. The van der Waals surface area contributed by atoms with Crippen molar-refractivity contribution in [2.24, 2.45) is 0 Å². The minimum atomic E-state index is -0.427. The molecule has 0 aliphatic carbocycles. The minimum Gasteiger partial charge on any atom is -0.388 e. The number of rotatable bonds is 2. The lowest BCUT2D eigenvalue weighted by Crippen LogP contribution is -2.31. The van der Waals surface area contributed by atoms with Crippen LogP contribution in [-0.2, 0) is 16.1 Å². The van der Waals surface area contributed by atoms with Gasteiger partial charge in [-0.1, -0.05) is 5.16 Å². The van der Waals surface area contributed by atoms with Gasteiger partial charge in [0.05, 0.1) is 0 Å². The Morgan fingerprint density at radius 3 is 2.83 bits per heavy atom. The number of hydrogen-bond acceptors (Lipinski definition) is 5. The van der Waals surface area contributed by atoms with Gasteiger partial charge in [0.2, 0.25) is 6.29 Å². The highest BCUT2D eigenvalue weighted by Crippen LogP contribution is 2.30. The maximum atomic E-state index is 8.66. The largest absolute Gasteiger partial charge is 0.388 e. The molecular weight excluding hydrogens is 162 g/mol. The molecule has 1 aliphatic rings. The molecule has 0 unspecified atom stereocenters. The first kappa shape index (κ1) is 7.72. The van der Waals surface area contributed by atoms with Crippen LogP contribution in [0.1, 0.15) is 24.7 Å². The van der Waals surface area contributed by atoms with E-state index in [1.165, 1.54) is 0 Å². The van der Waals surface area contributed by atoms with Crippen LogP contribution in [-0.4, -0.2) is 16.6 Å². The lowest BCUT2D eigenvalue weighted by molar-refractivity contribution is -0.384. The number of nitrogens with zero attached hydrogens (tertiary/aromatic N) is 1. The van der Waals surface area contributed by atoms with Crippen LogP contribution in [0.25, 0.3) is 0 Å². The molecule has 1 saturated heterocycles. The molecule has 66 valence electrons. The van der Waals surface area contributed by atoms with Gasteiger partial charge in [-0.25, -0.2) is 0 Å². The van der Waals surface area contributed by atoms with E-state index in [0.29, 0.717) is 11.5 Å². The molecule has 5 heteroatoms. The van der Waals surface area contributed by atoms with Gasteiger partial charge in [0.1, 0.15) is 12.3 Å². The fraction of sp³-hybridized carbons (Fsp3) is 0.571. The minimum absolute atomic E-state index is 0.157. The Labute approximate surface area is 68.9 Å². The Kier molecular flexibility index (Phi) is 1.84. The molecule has 1 aromatic rings. The summed E-state index contributed by atoms with van der Waals surface area (Å²) in [6, 6.07) is 1.61. The van der Waals surface area contributed by atoms with Crippen LogP contribution in [0.3, 0.4) is 0 Å². The summed E-state index contributed by atoms with van der Waals surface area (Å²) in [6.07, 6.45) is -0.603. The molecule has 2 rings (SSSR count). The van der Waals surface area contributed by atoms with Gasteiger partial charge in [-0.3, -0.25) is 0 Å². The highest BCUT2D eigenvalue weighted by molar-refractivity contribution is 5.06. The number of hydrogen-bond donors (Lipinski definition) is 1. The molecule has 0 bridgehead atoms. The van der Waals surface area contributed by atoms with Crippen molar-refractivity contribution in [2.75, 3.05) is 0 Å². The summed E-state index contributed by atoms with van der Waals surface area (Å²) in [5.41, 5.74) is 0.567. The van der Waals surface area contributed by atoms with Gasteiger partial charge in [-0.05, 0) is 6.92 Å². The van der Waals surface area contributed by atoms with Crippen molar-refractivity contribution < 1.29 is 19.1 Å². The smallest absolute Gasteiger partial charge is 0.209 e. The van der Waals surface area contributed by atoms with E-state index in [1.807, 2.05) is 0 Å². The number of aromatic nitrogens is 1. The third kappa shape index (κ3) is 1.22. The molecule has 0 amide bonds. The summed E-state index contributed by atoms with van der Waals surface area (Å²) < 4.78 is 15.1. The molecule has 0 aromatic carbocycles. The second-order valence-electron chi connectivity index (χ2n) is 2.55. The van der Waals surface area contributed by atoms with Crippen LogP contribution in [0.5, 0.6) is 0 Å². The van der Waals surface area contributed by atoms with Crippen molar-refractivity contribution in [1.82, 2.24) is 5.16 Å². The van der Waals surface area contributed by atoms with Gasteiger partial charge in [0.25, 0.3) is 0 Å². The summed E-state index contributed by atoms with van der Waals surface area (Å²) in [6.45, 7) is 1.64. The zero-order chi connectivity index (χ0) is 8.55. The van der Waals surface area contributed by atoms with Crippen molar-refractivity contribution in [3.8, 4) is 0 Å². The molecule has 12 heavy (non-hydrogen) atoms. The van der Waals surface area contributed by atoms with E-state index in [4.69, 9.17) is 19.1 Å². The van der Waals surface area contributed by atoms with Crippen LogP contribution < -0.4 is 0 Å². The molecule has 2 heterocycles. The first-order valence-electron chi connectivity index (χ1n) is 3.67. The standard InChI is InChI=1S/C7H9NO4/c1-4-10-7(11-4)6-2-5(3-9)12-8-6/h2,4,7,9H,3H2,1H3. The van der Waals surface area contributed by atoms with Crippen molar-refractivity contribution in [3.63, 3.8) is 0 Å². The fourth-order valence-electron chi connectivity index (χ4n) is 1.01. The lowest BCUT2D eigenvalue weighted by atomic mass is 10.3. The summed E-state index contributed by atoms with van der Waals surface area (Å²) in [5, 5.41) is 12.3. The molecule has 0 radical (unpaired) electrons. The zero-order valence-electron chi connectivity index (χ0n) is 6.56. The predicted octanol–water partition coefficient (Wildman–Crippen LogP) is 0.558. The maximum Gasteiger partial charge on any atom is 0.209 e. The van der Waals surface area contributed by atoms with Crippen molar-refractivity contribution in [1.29, 1.82) is 0 Å². The molecule has 1 aromatic heterocycles. The highest BCUT2D eigenvalue weighted by atomic mass is 16.9. The van der Waals surface area contributed by atoms with Crippen LogP contribution in [0, 0.1) is 0 Å². The van der Waals surface area contributed by atoms with E-state index >= 15 is 0 Å².